The van der Waals surface area contributed by atoms with Gasteiger partial charge in [-0.2, -0.15) is 0 Å². The van der Waals surface area contributed by atoms with E-state index in [0.717, 1.165) is 16.6 Å². The number of amides is 1. The van der Waals surface area contributed by atoms with E-state index in [-0.39, 0.29) is 12.5 Å². The highest BCUT2D eigenvalue weighted by molar-refractivity contribution is 5.85. The number of carbonyl (C=O) groups is 1. The number of hydrogen-bond acceptors (Lipinski definition) is 5. The predicted octanol–water partition coefficient (Wildman–Crippen LogP) is 3.93. The monoisotopic (exact) mass is 421 g/mol. The quantitative estimate of drug-likeness (QED) is 0.464. The number of para-hydroxylation sites is 2. The minimum Gasteiger partial charge on any atom is -0.493 e. The van der Waals surface area contributed by atoms with Crippen molar-refractivity contribution in [3.05, 3.63) is 61.7 Å². The Balaban J connectivity index is 2.15. The maximum absolute atomic E-state index is 13.1. The van der Waals surface area contributed by atoms with E-state index in [1.807, 2.05) is 41.0 Å². The zero-order valence-corrected chi connectivity index (χ0v) is 18.1. The Hall–Kier alpha value is -3.74. The Morgan fingerprint density at radius 1 is 1.03 bits per heavy atom. The van der Waals surface area contributed by atoms with Crippen LogP contribution in [-0.2, 0) is 11.3 Å². The van der Waals surface area contributed by atoms with Crippen molar-refractivity contribution in [3.8, 4) is 28.6 Å². The third-order valence-corrected chi connectivity index (χ3v) is 4.92. The molecule has 0 N–H and O–H groups in total. The summed E-state index contributed by atoms with van der Waals surface area (Å²) >= 11 is 0. The van der Waals surface area contributed by atoms with Crippen LogP contribution < -0.4 is 14.2 Å². The number of carbonyl (C=O) groups excluding carboxylic acids is 1. The van der Waals surface area contributed by atoms with Crippen molar-refractivity contribution in [2.24, 2.45) is 0 Å². The van der Waals surface area contributed by atoms with E-state index >= 15 is 0 Å². The van der Waals surface area contributed by atoms with Gasteiger partial charge in [0.1, 0.15) is 12.4 Å². The number of fused-ring (bicyclic) bond motifs is 1. The summed E-state index contributed by atoms with van der Waals surface area (Å²) in [5.41, 5.74) is 2.40. The fourth-order valence-corrected chi connectivity index (χ4v) is 3.49. The summed E-state index contributed by atoms with van der Waals surface area (Å²) < 4.78 is 18.3. The van der Waals surface area contributed by atoms with E-state index in [1.165, 1.54) is 0 Å². The Kier molecular flexibility index (Phi) is 6.97. The van der Waals surface area contributed by atoms with Gasteiger partial charge < -0.3 is 23.7 Å². The number of methoxy groups -OCH3 is 3. The lowest BCUT2D eigenvalue weighted by Crippen LogP contribution is -2.34. The van der Waals surface area contributed by atoms with Gasteiger partial charge in [0.25, 0.3) is 0 Å². The second kappa shape index (κ2) is 9.84. The van der Waals surface area contributed by atoms with Gasteiger partial charge in [0.05, 0.1) is 32.4 Å². The first-order valence-corrected chi connectivity index (χ1v) is 9.83. The molecule has 1 heterocycles. The summed E-state index contributed by atoms with van der Waals surface area (Å²) in [4.78, 5) is 19.6. The zero-order chi connectivity index (χ0) is 22.4. The molecule has 2 aromatic carbocycles. The SMILES string of the molecule is C=CCN(CC=C)C(=O)Cn1c(-c2cc(OC)c(OC)c(OC)c2)nc2ccccc21. The highest BCUT2D eigenvalue weighted by atomic mass is 16.5. The lowest BCUT2D eigenvalue weighted by molar-refractivity contribution is -0.130. The van der Waals surface area contributed by atoms with Gasteiger partial charge in [-0.1, -0.05) is 24.3 Å². The van der Waals surface area contributed by atoms with Crippen LogP contribution in [0.25, 0.3) is 22.4 Å². The molecule has 3 aromatic rings. The number of nitrogens with zero attached hydrogens (tertiary/aromatic N) is 3. The van der Waals surface area contributed by atoms with Crippen molar-refractivity contribution in [2.75, 3.05) is 34.4 Å². The maximum atomic E-state index is 13.1. The molecule has 31 heavy (non-hydrogen) atoms. The molecule has 3 rings (SSSR count). The van der Waals surface area contributed by atoms with E-state index in [9.17, 15) is 4.79 Å². The van der Waals surface area contributed by atoms with E-state index < -0.39 is 0 Å². The Morgan fingerprint density at radius 2 is 1.65 bits per heavy atom. The number of imidazole rings is 1. The summed E-state index contributed by atoms with van der Waals surface area (Å²) in [6.45, 7) is 8.49. The molecule has 0 saturated carbocycles. The van der Waals surface area contributed by atoms with Crippen LogP contribution in [0, 0.1) is 0 Å². The maximum Gasteiger partial charge on any atom is 0.243 e. The average Bonchev–Trinajstić information content (AvgIpc) is 3.16. The molecule has 0 aliphatic heterocycles. The first-order valence-electron chi connectivity index (χ1n) is 9.83. The van der Waals surface area contributed by atoms with Gasteiger partial charge in [0, 0.05) is 18.7 Å². The second-order valence-corrected chi connectivity index (χ2v) is 6.80. The molecule has 0 fully saturated rings. The van der Waals surface area contributed by atoms with Crippen LogP contribution in [0.4, 0.5) is 0 Å². The topological polar surface area (TPSA) is 65.8 Å². The van der Waals surface area contributed by atoms with Gasteiger partial charge in [0.2, 0.25) is 11.7 Å². The number of hydrogen-bond donors (Lipinski definition) is 0. The summed E-state index contributed by atoms with van der Waals surface area (Å²) in [6, 6.07) is 11.4. The van der Waals surface area contributed by atoms with E-state index in [2.05, 4.69) is 13.2 Å². The first kappa shape index (κ1) is 22.0. The van der Waals surface area contributed by atoms with Crippen molar-refractivity contribution in [1.82, 2.24) is 14.5 Å². The van der Waals surface area contributed by atoms with Crippen LogP contribution in [0.3, 0.4) is 0 Å². The molecule has 0 spiro atoms. The molecule has 1 amide bonds. The number of aromatic nitrogens is 2. The van der Waals surface area contributed by atoms with E-state index in [1.54, 1.807) is 38.4 Å². The summed E-state index contributed by atoms with van der Waals surface area (Å²) in [5, 5.41) is 0. The summed E-state index contributed by atoms with van der Waals surface area (Å²) in [7, 11) is 4.69. The minimum absolute atomic E-state index is 0.0587. The van der Waals surface area contributed by atoms with Crippen LogP contribution in [0.1, 0.15) is 0 Å². The first-order chi connectivity index (χ1) is 15.1. The zero-order valence-electron chi connectivity index (χ0n) is 18.1. The Bertz CT molecular complexity index is 1070. The molecule has 0 bridgehead atoms. The second-order valence-electron chi connectivity index (χ2n) is 6.80. The minimum atomic E-state index is -0.0587. The molecule has 1 aromatic heterocycles. The normalized spacial score (nSPS) is 10.5. The molecule has 7 nitrogen and oxygen atoms in total. The molecular weight excluding hydrogens is 394 g/mol. The van der Waals surface area contributed by atoms with Crippen LogP contribution in [0.15, 0.2) is 61.7 Å². The molecule has 7 heteroatoms. The Morgan fingerprint density at radius 3 is 2.19 bits per heavy atom. The summed E-state index contributed by atoms with van der Waals surface area (Å²) in [6.07, 6.45) is 3.40. The van der Waals surface area contributed by atoms with Crippen molar-refractivity contribution < 1.29 is 19.0 Å². The fraction of sp³-hybridized carbons (Fsp3) is 0.250. The van der Waals surface area contributed by atoms with Crippen molar-refractivity contribution >= 4 is 16.9 Å². The van der Waals surface area contributed by atoms with Gasteiger partial charge in [0.15, 0.2) is 11.5 Å². The molecule has 0 aliphatic carbocycles. The van der Waals surface area contributed by atoms with Crippen LogP contribution >= 0.6 is 0 Å². The highest BCUT2D eigenvalue weighted by Crippen LogP contribution is 2.41. The molecule has 0 radical (unpaired) electrons. The lowest BCUT2D eigenvalue weighted by Gasteiger charge is -2.21. The average molecular weight is 421 g/mol. The number of ether oxygens (including phenoxy) is 3. The lowest BCUT2D eigenvalue weighted by atomic mass is 10.1. The van der Waals surface area contributed by atoms with Crippen LogP contribution in [-0.4, -0.2) is 54.8 Å². The van der Waals surface area contributed by atoms with Gasteiger partial charge in [-0.3, -0.25) is 4.79 Å². The van der Waals surface area contributed by atoms with Gasteiger partial charge in [-0.15, -0.1) is 13.2 Å². The van der Waals surface area contributed by atoms with Crippen molar-refractivity contribution in [1.29, 1.82) is 0 Å². The Labute approximate surface area is 182 Å². The molecule has 0 unspecified atom stereocenters. The molecule has 0 atom stereocenters. The van der Waals surface area contributed by atoms with Gasteiger partial charge >= 0.3 is 0 Å². The predicted molar refractivity (Wildman–Crippen MR) is 122 cm³/mol. The molecule has 0 saturated heterocycles. The molecule has 0 aliphatic rings. The van der Waals surface area contributed by atoms with Gasteiger partial charge in [-0.05, 0) is 24.3 Å². The third-order valence-electron chi connectivity index (χ3n) is 4.92. The standard InChI is InChI=1S/C24H27N3O4/c1-6-12-26(13-7-2)22(28)16-27-19-11-9-8-10-18(19)25-24(27)17-14-20(29-3)23(31-5)21(15-17)30-4/h6-11,14-15H,1-2,12-13,16H2,3-5H3. The van der Waals surface area contributed by atoms with E-state index in [4.69, 9.17) is 19.2 Å². The highest BCUT2D eigenvalue weighted by Gasteiger charge is 2.21. The van der Waals surface area contributed by atoms with Gasteiger partial charge in [-0.25, -0.2) is 4.98 Å². The van der Waals surface area contributed by atoms with E-state index in [0.29, 0.717) is 36.2 Å². The fourth-order valence-electron chi connectivity index (χ4n) is 3.49. The number of benzene rings is 2. The summed E-state index contributed by atoms with van der Waals surface area (Å²) in [5.74, 6) is 2.10. The van der Waals surface area contributed by atoms with Crippen molar-refractivity contribution in [3.63, 3.8) is 0 Å². The molecule has 162 valence electrons. The van der Waals surface area contributed by atoms with Crippen LogP contribution in [0.2, 0.25) is 0 Å². The molecular formula is C24H27N3O4. The third kappa shape index (κ3) is 4.40. The largest absolute Gasteiger partial charge is 0.493 e. The van der Waals surface area contributed by atoms with Crippen molar-refractivity contribution in [2.45, 2.75) is 6.54 Å². The van der Waals surface area contributed by atoms with Crippen LogP contribution in [0.5, 0.6) is 17.2 Å². The smallest absolute Gasteiger partial charge is 0.243 e. The number of rotatable bonds is 10.